The minimum absolute atomic E-state index is 0.356. The lowest BCUT2D eigenvalue weighted by atomic mass is 10.0. The van der Waals surface area contributed by atoms with Gasteiger partial charge in [0.05, 0.1) is 11.1 Å². The molecule has 8 aromatic rings. The van der Waals surface area contributed by atoms with Crippen LogP contribution >= 0.6 is 22.7 Å². The Morgan fingerprint density at radius 2 is 0.950 bits per heavy atom. The van der Waals surface area contributed by atoms with Crippen molar-refractivity contribution in [3.8, 4) is 20.9 Å². The molecule has 192 valence electrons. The highest BCUT2D eigenvalue weighted by Crippen LogP contribution is 2.42. The van der Waals surface area contributed by atoms with Gasteiger partial charge in [-0.25, -0.2) is 9.59 Å². The molecule has 0 saturated carbocycles. The predicted octanol–water partition coefficient (Wildman–Crippen LogP) is 9.43. The Hall–Kier alpha value is -4.52. The zero-order valence-corrected chi connectivity index (χ0v) is 23.2. The molecule has 40 heavy (non-hydrogen) atoms. The Balaban J connectivity index is 1.26. The van der Waals surface area contributed by atoms with Gasteiger partial charge in [0, 0.05) is 29.9 Å². The molecule has 0 aliphatic heterocycles. The van der Waals surface area contributed by atoms with Gasteiger partial charge in [-0.1, -0.05) is 59.7 Å². The van der Waals surface area contributed by atoms with Crippen LogP contribution in [0, 0.1) is 13.8 Å². The van der Waals surface area contributed by atoms with Crippen LogP contribution in [-0.2, 0) is 0 Å². The summed E-state index contributed by atoms with van der Waals surface area (Å²) < 4.78 is 13.5. The van der Waals surface area contributed by atoms with Crippen LogP contribution in [-0.4, -0.2) is 0 Å². The second-order valence-corrected chi connectivity index (χ2v) is 12.4. The lowest BCUT2D eigenvalue weighted by Crippen LogP contribution is -2.02. The third-order valence-corrected chi connectivity index (χ3v) is 9.87. The first-order valence-corrected chi connectivity index (χ1v) is 14.5. The molecule has 0 aliphatic rings. The Morgan fingerprint density at radius 3 is 1.40 bits per heavy atom. The number of rotatable bonds is 2. The van der Waals surface area contributed by atoms with Gasteiger partial charge < -0.3 is 8.83 Å². The van der Waals surface area contributed by atoms with Crippen LogP contribution in [0.1, 0.15) is 11.1 Å². The van der Waals surface area contributed by atoms with Gasteiger partial charge in [0.2, 0.25) is 0 Å². The summed E-state index contributed by atoms with van der Waals surface area (Å²) in [7, 11) is 0. The highest BCUT2D eigenvalue weighted by atomic mass is 32.1. The van der Waals surface area contributed by atoms with E-state index in [-0.39, 0.29) is 11.3 Å². The van der Waals surface area contributed by atoms with Gasteiger partial charge in [-0.05, 0) is 71.8 Å². The molecule has 8 rings (SSSR count). The number of fused-ring (bicyclic) bond motifs is 7. The van der Waals surface area contributed by atoms with Crippen molar-refractivity contribution < 1.29 is 8.83 Å². The van der Waals surface area contributed by atoms with Crippen molar-refractivity contribution >= 4 is 75.6 Å². The molecule has 6 heteroatoms. The summed E-state index contributed by atoms with van der Waals surface area (Å²) >= 11 is 3.06. The van der Waals surface area contributed by atoms with Gasteiger partial charge in [0.15, 0.2) is 0 Å². The molecule has 0 saturated heterocycles. The Bertz CT molecular complexity index is 2250. The van der Waals surface area contributed by atoms with E-state index in [2.05, 4.69) is 50.2 Å². The van der Waals surface area contributed by atoms with E-state index in [1.165, 1.54) is 33.8 Å². The zero-order chi connectivity index (χ0) is 27.1. The second-order valence-electron chi connectivity index (χ2n) is 10.2. The lowest BCUT2D eigenvalue weighted by Gasteiger charge is -2.06. The van der Waals surface area contributed by atoms with E-state index < -0.39 is 0 Å². The first-order valence-electron chi connectivity index (χ1n) is 12.9. The topological polar surface area (TPSA) is 60.4 Å². The average molecular weight is 557 g/mol. The van der Waals surface area contributed by atoms with E-state index in [9.17, 15) is 9.59 Å². The molecule has 4 aromatic heterocycles. The van der Waals surface area contributed by atoms with Crippen LogP contribution in [0.2, 0.25) is 0 Å². The molecule has 0 radical (unpaired) electrons. The average Bonchev–Trinajstić information content (AvgIpc) is 3.51. The van der Waals surface area contributed by atoms with Gasteiger partial charge >= 0.3 is 11.3 Å². The maximum atomic E-state index is 13.0. The van der Waals surface area contributed by atoms with Gasteiger partial charge in [0.25, 0.3) is 0 Å². The van der Waals surface area contributed by atoms with Gasteiger partial charge in [-0.3, -0.25) is 0 Å². The van der Waals surface area contributed by atoms with E-state index in [1.807, 2.05) is 48.5 Å². The van der Waals surface area contributed by atoms with E-state index in [1.54, 1.807) is 0 Å². The summed E-state index contributed by atoms with van der Waals surface area (Å²) in [4.78, 5) is 27.7. The van der Waals surface area contributed by atoms with Crippen molar-refractivity contribution in [3.63, 3.8) is 0 Å². The van der Waals surface area contributed by atoms with E-state index in [0.717, 1.165) is 51.5 Å². The molecule has 4 heterocycles. The lowest BCUT2D eigenvalue weighted by molar-refractivity contribution is 0.564. The second kappa shape index (κ2) is 8.49. The molecule has 0 N–H and O–H groups in total. The summed E-state index contributed by atoms with van der Waals surface area (Å²) in [5.74, 6) is 0. The number of benzene rings is 4. The highest BCUT2D eigenvalue weighted by Gasteiger charge is 2.17. The van der Waals surface area contributed by atoms with Gasteiger partial charge in [0.1, 0.15) is 11.2 Å². The maximum absolute atomic E-state index is 13.0. The van der Waals surface area contributed by atoms with Gasteiger partial charge in [-0.2, -0.15) is 0 Å². The fourth-order valence-electron chi connectivity index (χ4n) is 5.54. The summed E-state index contributed by atoms with van der Waals surface area (Å²) in [6.45, 7) is 4.13. The molecule has 0 aliphatic carbocycles. The molecule has 0 unspecified atom stereocenters. The Kier molecular flexibility index (Phi) is 4.96. The molecule has 4 nitrogen and oxygen atoms in total. The minimum atomic E-state index is -0.356. The maximum Gasteiger partial charge on any atom is 0.345 e. The molecule has 0 fully saturated rings. The van der Waals surface area contributed by atoms with E-state index >= 15 is 0 Å². The largest absolute Gasteiger partial charge is 0.422 e. The molecular weight excluding hydrogens is 537 g/mol. The normalized spacial score (nSPS) is 11.9. The Labute approximate surface area is 235 Å². The molecule has 0 spiro atoms. The third kappa shape index (κ3) is 3.57. The molecule has 0 amide bonds. The Morgan fingerprint density at radius 1 is 0.500 bits per heavy atom. The van der Waals surface area contributed by atoms with Crippen molar-refractivity contribution in [1.82, 2.24) is 0 Å². The first-order chi connectivity index (χ1) is 19.4. The van der Waals surface area contributed by atoms with Gasteiger partial charge in [-0.15, -0.1) is 22.7 Å². The van der Waals surface area contributed by atoms with Crippen molar-refractivity contribution in [3.05, 3.63) is 117 Å². The standard InChI is InChI=1S/C34H20O4S2/c1-17-3-7-21-19(11-17)5-9-27-23(21)13-25(33(35)37-27)29-15-31-32(39-29)16-30(40-31)26-14-24-22-8-4-18(2)12-20(22)6-10-28(24)38-34(26)36/h3-16H,1-2H3. The smallest absolute Gasteiger partial charge is 0.345 e. The third-order valence-electron chi connectivity index (χ3n) is 7.51. The number of hydrogen-bond donors (Lipinski definition) is 0. The number of aryl methyl sites for hydroxylation is 2. The van der Waals surface area contributed by atoms with Crippen molar-refractivity contribution in [1.29, 1.82) is 0 Å². The fourth-order valence-corrected chi connectivity index (χ4v) is 7.95. The minimum Gasteiger partial charge on any atom is -0.422 e. The van der Waals surface area contributed by atoms with Crippen LogP contribution in [0.5, 0.6) is 0 Å². The molecule has 0 atom stereocenters. The first kappa shape index (κ1) is 23.4. The zero-order valence-electron chi connectivity index (χ0n) is 21.5. The van der Waals surface area contributed by atoms with E-state index in [4.69, 9.17) is 8.83 Å². The van der Waals surface area contributed by atoms with Crippen LogP contribution in [0.25, 0.3) is 73.8 Å². The van der Waals surface area contributed by atoms with Crippen LogP contribution < -0.4 is 11.3 Å². The highest BCUT2D eigenvalue weighted by molar-refractivity contribution is 7.31. The fraction of sp³-hybridized carbons (Fsp3) is 0.0588. The van der Waals surface area contributed by atoms with Crippen molar-refractivity contribution in [2.24, 2.45) is 0 Å². The summed E-state index contributed by atoms with van der Waals surface area (Å²) in [6.07, 6.45) is 0. The predicted molar refractivity (Wildman–Crippen MR) is 167 cm³/mol. The summed E-state index contributed by atoms with van der Waals surface area (Å²) in [6, 6.07) is 28.2. The van der Waals surface area contributed by atoms with Crippen LogP contribution in [0.3, 0.4) is 0 Å². The SMILES string of the molecule is Cc1ccc2c(ccc3oc(=O)c(-c4cc5sc(-c6cc7c(ccc8cc(C)ccc87)oc6=O)cc5s4)cc32)c1. The molecule has 0 bridgehead atoms. The van der Waals surface area contributed by atoms with Crippen LogP contribution in [0.4, 0.5) is 0 Å². The number of hydrogen-bond acceptors (Lipinski definition) is 6. The quantitative estimate of drug-likeness (QED) is 0.157. The molecular formula is C34H20O4S2. The van der Waals surface area contributed by atoms with Crippen molar-refractivity contribution in [2.75, 3.05) is 0 Å². The monoisotopic (exact) mass is 556 g/mol. The number of thiophene rings is 2. The molecule has 4 aromatic carbocycles. The van der Waals surface area contributed by atoms with Crippen molar-refractivity contribution in [2.45, 2.75) is 13.8 Å². The van der Waals surface area contributed by atoms with E-state index in [0.29, 0.717) is 22.3 Å². The summed E-state index contributed by atoms with van der Waals surface area (Å²) in [5, 5.41) is 6.17. The summed E-state index contributed by atoms with van der Waals surface area (Å²) in [5.41, 5.74) is 3.90. The van der Waals surface area contributed by atoms with Crippen LogP contribution in [0.15, 0.2) is 103 Å².